The summed E-state index contributed by atoms with van der Waals surface area (Å²) >= 11 is 0. The maximum Gasteiger partial charge on any atom is 0.135 e. The molecule has 0 spiro atoms. The molecule has 2 heteroatoms. The number of rotatable bonds is 3. The van der Waals surface area contributed by atoms with Crippen LogP contribution in [0.3, 0.4) is 0 Å². The minimum atomic E-state index is -0.657. The van der Waals surface area contributed by atoms with Gasteiger partial charge in [0.15, 0.2) is 0 Å². The summed E-state index contributed by atoms with van der Waals surface area (Å²) in [6, 6.07) is 15.5. The van der Waals surface area contributed by atoms with Gasteiger partial charge in [0.2, 0.25) is 0 Å². The van der Waals surface area contributed by atoms with Crippen LogP contribution in [-0.4, -0.2) is 0 Å². The van der Waals surface area contributed by atoms with E-state index in [1.807, 2.05) is 12.1 Å². The Kier molecular flexibility index (Phi) is 3.47. The zero-order valence-corrected chi connectivity index (χ0v) is 25.8. The van der Waals surface area contributed by atoms with E-state index in [0.717, 1.165) is 5.39 Å². The van der Waals surface area contributed by atoms with Gasteiger partial charge in [-0.3, -0.25) is 0 Å². The predicted molar refractivity (Wildman–Crippen MR) is 210 cm³/mol. The van der Waals surface area contributed by atoms with Gasteiger partial charge in [-0.1, -0.05) is 127 Å². The molecule has 0 bridgehead atoms. The molecule has 2 aromatic heterocycles. The third-order valence-electron chi connectivity index (χ3n) is 9.32. The molecule has 0 unspecified atom stereocenters. The van der Waals surface area contributed by atoms with Crippen molar-refractivity contribution in [1.29, 1.82) is 0 Å². The molecule has 0 aliphatic rings. The van der Waals surface area contributed by atoms with Crippen LogP contribution in [0.15, 0.2) is 179 Å². The Bertz CT molecular complexity index is 3890. The first kappa shape index (κ1) is 16.6. The Labute approximate surface area is 308 Å². The van der Waals surface area contributed by atoms with Crippen molar-refractivity contribution in [2.24, 2.45) is 0 Å². The Morgan fingerprint density at radius 2 is 0.960 bits per heavy atom. The smallest absolute Gasteiger partial charge is 0.135 e. The summed E-state index contributed by atoms with van der Waals surface area (Å²) in [7, 11) is 0. The molecule has 2 nitrogen and oxygen atoms in total. The highest BCUT2D eigenvalue weighted by molar-refractivity contribution is 6.28. The second-order valence-corrected chi connectivity index (χ2v) is 12.0. The predicted octanol–water partition coefficient (Wildman–Crippen LogP) is 13.9. The molecule has 0 amide bonds. The molecule has 0 atom stereocenters. The van der Waals surface area contributed by atoms with Crippen molar-refractivity contribution in [2.75, 3.05) is 0 Å². The Morgan fingerprint density at radius 3 is 1.62 bits per heavy atom. The molecule has 0 N–H and O–H groups in total. The lowest BCUT2D eigenvalue weighted by molar-refractivity contribution is 0.616. The lowest BCUT2D eigenvalue weighted by Gasteiger charge is -2.18. The molecule has 50 heavy (non-hydrogen) atoms. The molecule has 2 heterocycles. The van der Waals surface area contributed by atoms with Crippen LogP contribution < -0.4 is 0 Å². The van der Waals surface area contributed by atoms with Gasteiger partial charge in [-0.25, -0.2) is 0 Å². The molecule has 0 fully saturated rings. The maximum absolute atomic E-state index is 10.0. The second kappa shape index (κ2) is 10.4. The van der Waals surface area contributed by atoms with Crippen LogP contribution in [0.25, 0.3) is 109 Å². The van der Waals surface area contributed by atoms with Gasteiger partial charge < -0.3 is 8.83 Å². The Balaban J connectivity index is 1.31. The van der Waals surface area contributed by atoms with Gasteiger partial charge in [0, 0.05) is 27.5 Å². The van der Waals surface area contributed by atoms with E-state index >= 15 is 0 Å². The third-order valence-corrected chi connectivity index (χ3v) is 9.32. The molecule has 11 rings (SSSR count). The first-order chi connectivity index (χ1) is 31.1. The standard InChI is InChI=1S/C48H28O2/c1-10-20-44-29(11-1)27-46(50-44)30-22-24-45-42(25-30)43(28-49-45)48-39-18-8-6-16-37(39)47(38-17-7-9-19-40(38)48)31-21-23-36-34-14-3-2-12-32(34)33-13-4-5-15-35(33)41(36)26-31/h1-28H/i2D,3D,4D,5D,12D,13D,14D,15D,21D,22D,23D,24D,25D,26D,28D. The van der Waals surface area contributed by atoms with Gasteiger partial charge in [-0.15, -0.1) is 0 Å². The summed E-state index contributed by atoms with van der Waals surface area (Å²) in [6.07, 6.45) is -0.384. The third kappa shape index (κ3) is 3.90. The van der Waals surface area contributed by atoms with Crippen molar-refractivity contribution < 1.29 is 29.4 Å². The molecule has 0 saturated heterocycles. The van der Waals surface area contributed by atoms with Crippen LogP contribution in [-0.2, 0) is 0 Å². The maximum atomic E-state index is 10.0. The van der Waals surface area contributed by atoms with E-state index in [1.54, 1.807) is 66.7 Å². The normalized spacial score (nSPS) is 16.2. The van der Waals surface area contributed by atoms with E-state index in [-0.39, 0.29) is 95.7 Å². The number of benzene rings is 9. The summed E-state index contributed by atoms with van der Waals surface area (Å²) in [4.78, 5) is 0. The summed E-state index contributed by atoms with van der Waals surface area (Å²) in [5.74, 6) is 0.189. The molecule has 0 aliphatic carbocycles. The average Bonchev–Trinajstić information content (AvgIpc) is 3.89. The molecular formula is C48H28O2. The van der Waals surface area contributed by atoms with Crippen molar-refractivity contribution >= 4 is 75.8 Å². The van der Waals surface area contributed by atoms with Gasteiger partial charge in [-0.2, -0.15) is 0 Å². The molecule has 9 aromatic carbocycles. The molecule has 0 aliphatic heterocycles. The van der Waals surface area contributed by atoms with Gasteiger partial charge >= 0.3 is 0 Å². The van der Waals surface area contributed by atoms with Crippen molar-refractivity contribution in [3.05, 3.63) is 170 Å². The fourth-order valence-corrected chi connectivity index (χ4v) is 7.15. The minimum absolute atomic E-state index is 0.0328. The first-order valence-corrected chi connectivity index (χ1v) is 15.9. The van der Waals surface area contributed by atoms with Gasteiger partial charge in [0.1, 0.15) is 18.3 Å². The topological polar surface area (TPSA) is 26.3 Å². The fraction of sp³-hybridized carbons (Fsp3) is 0. The monoisotopic (exact) mass is 651 g/mol. The van der Waals surface area contributed by atoms with Crippen LogP contribution in [0.4, 0.5) is 0 Å². The first-order valence-electron chi connectivity index (χ1n) is 23.4. The number of fused-ring (bicyclic) bond motifs is 10. The number of furan rings is 2. The molecular weight excluding hydrogens is 609 g/mol. The summed E-state index contributed by atoms with van der Waals surface area (Å²) in [6.45, 7) is 0. The van der Waals surface area contributed by atoms with Crippen LogP contribution in [0.5, 0.6) is 0 Å². The molecule has 232 valence electrons. The van der Waals surface area contributed by atoms with Crippen molar-refractivity contribution in [1.82, 2.24) is 0 Å². The lowest BCUT2D eigenvalue weighted by atomic mass is 9.84. The lowest BCUT2D eigenvalue weighted by Crippen LogP contribution is -1.91. The molecule has 0 radical (unpaired) electrons. The van der Waals surface area contributed by atoms with Crippen LogP contribution >= 0.6 is 0 Å². The SMILES string of the molecule is [2H]c1oc2c([2H])c([2H])c(-c3cc4ccccc4o3)c([2H])c2c1-c1c2ccccc2c(-c2c([2H])c([2H])c3c4c([2H])c([2H])c([2H])c([2H])c4c4c([2H])c([2H])c([2H])c([2H])c4c3c2[2H])c2ccccc12. The van der Waals surface area contributed by atoms with E-state index < -0.39 is 66.5 Å². The van der Waals surface area contributed by atoms with Crippen molar-refractivity contribution in [3.63, 3.8) is 0 Å². The average molecular weight is 652 g/mol. The minimum Gasteiger partial charge on any atom is -0.464 e. The summed E-state index contributed by atoms with van der Waals surface area (Å²) in [5, 5.41) is 1.18. The van der Waals surface area contributed by atoms with Crippen LogP contribution in [0, 0.1) is 0 Å². The van der Waals surface area contributed by atoms with E-state index in [9.17, 15) is 6.85 Å². The number of hydrogen-bond donors (Lipinski definition) is 0. The quantitative estimate of drug-likeness (QED) is 0.140. The number of para-hydroxylation sites is 1. The second-order valence-electron chi connectivity index (χ2n) is 12.0. The highest BCUT2D eigenvalue weighted by Gasteiger charge is 2.21. The van der Waals surface area contributed by atoms with Crippen molar-refractivity contribution in [3.8, 4) is 33.6 Å². The summed E-state index contributed by atoms with van der Waals surface area (Å²) in [5.41, 5.74) is 1.16. The van der Waals surface area contributed by atoms with Crippen molar-refractivity contribution in [2.45, 2.75) is 0 Å². The van der Waals surface area contributed by atoms with Gasteiger partial charge in [0.05, 0.1) is 25.4 Å². The highest BCUT2D eigenvalue weighted by atomic mass is 16.3. The Morgan fingerprint density at radius 1 is 0.420 bits per heavy atom. The highest BCUT2D eigenvalue weighted by Crippen LogP contribution is 2.47. The summed E-state index contributed by atoms with van der Waals surface area (Å²) < 4.78 is 149. The Hall–Kier alpha value is -6.64. The van der Waals surface area contributed by atoms with Gasteiger partial charge in [0.25, 0.3) is 0 Å². The largest absolute Gasteiger partial charge is 0.464 e. The van der Waals surface area contributed by atoms with E-state index in [0.29, 0.717) is 32.7 Å². The molecule has 11 aromatic rings. The fourth-order valence-electron chi connectivity index (χ4n) is 7.15. The van der Waals surface area contributed by atoms with E-state index in [1.165, 1.54) is 0 Å². The van der Waals surface area contributed by atoms with Gasteiger partial charge in [-0.05, 0) is 101 Å². The van der Waals surface area contributed by atoms with E-state index in [2.05, 4.69) is 0 Å². The van der Waals surface area contributed by atoms with Crippen LogP contribution in [0.2, 0.25) is 0 Å². The van der Waals surface area contributed by atoms with E-state index in [4.69, 9.17) is 22.5 Å². The number of hydrogen-bond acceptors (Lipinski definition) is 2. The van der Waals surface area contributed by atoms with Crippen LogP contribution in [0.1, 0.15) is 20.6 Å². The molecule has 0 saturated carbocycles. The zero-order chi connectivity index (χ0) is 45.8. The zero-order valence-electron chi connectivity index (χ0n) is 40.8.